The molecule has 1 saturated heterocycles. The predicted molar refractivity (Wildman–Crippen MR) is 101 cm³/mol. The Morgan fingerprint density at radius 3 is 2.42 bits per heavy atom. The Morgan fingerprint density at radius 1 is 1.04 bits per heavy atom. The highest BCUT2D eigenvalue weighted by Crippen LogP contribution is 2.49. The summed E-state index contributed by atoms with van der Waals surface area (Å²) in [4.78, 5) is 12.8. The SMILES string of the molecule is CCCCC1(c2ccccc2)OCCC2=C(c3ccccc3)C(=O)OC21. The van der Waals surface area contributed by atoms with Crippen LogP contribution in [0, 0.1) is 0 Å². The third-order valence-electron chi connectivity index (χ3n) is 5.45. The van der Waals surface area contributed by atoms with Crippen LogP contribution < -0.4 is 0 Å². The lowest BCUT2D eigenvalue weighted by Crippen LogP contribution is -2.47. The first kappa shape index (κ1) is 17.0. The Kier molecular flexibility index (Phi) is 4.64. The Balaban J connectivity index is 1.83. The molecule has 0 aromatic heterocycles. The molecule has 0 radical (unpaired) electrons. The van der Waals surface area contributed by atoms with Crippen LogP contribution in [-0.2, 0) is 19.9 Å². The topological polar surface area (TPSA) is 35.5 Å². The third-order valence-corrected chi connectivity index (χ3v) is 5.45. The number of rotatable bonds is 5. The molecule has 0 spiro atoms. The molecule has 0 amide bonds. The van der Waals surface area contributed by atoms with Crippen molar-refractivity contribution in [1.29, 1.82) is 0 Å². The minimum absolute atomic E-state index is 0.224. The maximum atomic E-state index is 12.8. The molecule has 2 atom stereocenters. The second-order valence-corrected chi connectivity index (χ2v) is 7.01. The summed E-state index contributed by atoms with van der Waals surface area (Å²) in [5, 5.41) is 0. The van der Waals surface area contributed by atoms with Gasteiger partial charge in [0.05, 0.1) is 12.2 Å². The zero-order valence-corrected chi connectivity index (χ0v) is 15.1. The normalized spacial score (nSPS) is 25.1. The van der Waals surface area contributed by atoms with E-state index in [-0.39, 0.29) is 12.1 Å². The van der Waals surface area contributed by atoms with Crippen LogP contribution in [0.2, 0.25) is 0 Å². The van der Waals surface area contributed by atoms with Gasteiger partial charge < -0.3 is 9.47 Å². The number of carbonyl (C=O) groups is 1. The predicted octanol–water partition coefficient (Wildman–Crippen LogP) is 4.87. The van der Waals surface area contributed by atoms with E-state index in [1.165, 1.54) is 0 Å². The molecule has 26 heavy (non-hydrogen) atoms. The van der Waals surface area contributed by atoms with Crippen LogP contribution in [0.15, 0.2) is 66.2 Å². The van der Waals surface area contributed by atoms with Crippen molar-refractivity contribution in [2.24, 2.45) is 0 Å². The molecule has 3 heteroatoms. The van der Waals surface area contributed by atoms with Crippen LogP contribution in [0.25, 0.3) is 5.57 Å². The van der Waals surface area contributed by atoms with Crippen molar-refractivity contribution >= 4 is 11.5 Å². The van der Waals surface area contributed by atoms with E-state index in [1.54, 1.807) is 0 Å². The molecular weight excluding hydrogens is 324 g/mol. The molecule has 2 aromatic rings. The number of carbonyl (C=O) groups excluding carboxylic acids is 1. The fourth-order valence-electron chi connectivity index (χ4n) is 4.20. The maximum Gasteiger partial charge on any atom is 0.339 e. The van der Waals surface area contributed by atoms with Crippen LogP contribution in [0.4, 0.5) is 0 Å². The van der Waals surface area contributed by atoms with E-state index < -0.39 is 5.60 Å². The summed E-state index contributed by atoms with van der Waals surface area (Å²) in [6, 6.07) is 20.1. The molecule has 1 fully saturated rings. The van der Waals surface area contributed by atoms with Crippen molar-refractivity contribution in [1.82, 2.24) is 0 Å². The zero-order chi connectivity index (χ0) is 18.0. The van der Waals surface area contributed by atoms with Gasteiger partial charge in [-0.2, -0.15) is 0 Å². The van der Waals surface area contributed by atoms with E-state index in [0.717, 1.165) is 48.0 Å². The molecule has 2 unspecified atom stereocenters. The lowest BCUT2D eigenvalue weighted by Gasteiger charge is -2.43. The van der Waals surface area contributed by atoms with Crippen LogP contribution in [0.3, 0.4) is 0 Å². The maximum absolute atomic E-state index is 12.8. The highest BCUT2D eigenvalue weighted by atomic mass is 16.6. The summed E-state index contributed by atoms with van der Waals surface area (Å²) in [7, 11) is 0. The van der Waals surface area contributed by atoms with Gasteiger partial charge >= 0.3 is 5.97 Å². The van der Waals surface area contributed by atoms with Crippen molar-refractivity contribution in [3.05, 3.63) is 77.4 Å². The van der Waals surface area contributed by atoms with Crippen LogP contribution in [-0.4, -0.2) is 18.7 Å². The van der Waals surface area contributed by atoms with E-state index in [9.17, 15) is 4.79 Å². The van der Waals surface area contributed by atoms with E-state index >= 15 is 0 Å². The zero-order valence-electron chi connectivity index (χ0n) is 15.1. The van der Waals surface area contributed by atoms with E-state index in [2.05, 4.69) is 19.1 Å². The average molecular weight is 348 g/mol. The summed E-state index contributed by atoms with van der Waals surface area (Å²) >= 11 is 0. The van der Waals surface area contributed by atoms with E-state index in [1.807, 2.05) is 48.5 Å². The molecule has 0 N–H and O–H groups in total. The first-order valence-electron chi connectivity index (χ1n) is 9.45. The van der Waals surface area contributed by atoms with Gasteiger partial charge in [0.25, 0.3) is 0 Å². The summed E-state index contributed by atoms with van der Waals surface area (Å²) in [6.45, 7) is 2.78. The van der Waals surface area contributed by atoms with Crippen LogP contribution in [0.5, 0.6) is 0 Å². The van der Waals surface area contributed by atoms with Gasteiger partial charge in [-0.1, -0.05) is 80.4 Å². The molecule has 2 aliphatic rings. The molecule has 4 rings (SSSR count). The lowest BCUT2D eigenvalue weighted by atomic mass is 9.77. The standard InChI is InChI=1S/C23H24O3/c1-2-3-15-23(18-12-8-5-9-13-18)21-19(14-16-25-23)20(22(24)26-21)17-10-6-4-7-11-17/h4-13,21H,2-3,14-16H2,1H3. The number of fused-ring (bicyclic) bond motifs is 1. The van der Waals surface area contributed by atoms with Gasteiger partial charge in [0.1, 0.15) is 5.60 Å². The number of hydrogen-bond donors (Lipinski definition) is 0. The van der Waals surface area contributed by atoms with Crippen LogP contribution in [0.1, 0.15) is 43.7 Å². The Morgan fingerprint density at radius 2 is 1.73 bits per heavy atom. The minimum atomic E-state index is -0.586. The van der Waals surface area contributed by atoms with Gasteiger partial charge in [-0.15, -0.1) is 0 Å². The average Bonchev–Trinajstić information content (AvgIpc) is 3.04. The number of hydrogen-bond acceptors (Lipinski definition) is 3. The Bertz CT molecular complexity index is 810. The number of benzene rings is 2. The van der Waals surface area contributed by atoms with E-state index in [4.69, 9.17) is 9.47 Å². The molecule has 3 nitrogen and oxygen atoms in total. The van der Waals surface area contributed by atoms with Crippen molar-refractivity contribution < 1.29 is 14.3 Å². The molecule has 134 valence electrons. The van der Waals surface area contributed by atoms with Gasteiger partial charge in [-0.3, -0.25) is 0 Å². The molecule has 0 saturated carbocycles. The number of unbranched alkanes of at least 4 members (excludes halogenated alkanes) is 1. The smallest absolute Gasteiger partial charge is 0.339 e. The highest BCUT2D eigenvalue weighted by molar-refractivity contribution is 6.19. The van der Waals surface area contributed by atoms with Gasteiger partial charge in [0, 0.05) is 0 Å². The minimum Gasteiger partial charge on any atom is -0.451 e. The van der Waals surface area contributed by atoms with Crippen molar-refractivity contribution in [2.45, 2.75) is 44.3 Å². The largest absolute Gasteiger partial charge is 0.451 e. The van der Waals surface area contributed by atoms with Crippen molar-refractivity contribution in [3.8, 4) is 0 Å². The van der Waals surface area contributed by atoms with Gasteiger partial charge in [-0.25, -0.2) is 4.79 Å². The van der Waals surface area contributed by atoms with Crippen LogP contribution >= 0.6 is 0 Å². The highest BCUT2D eigenvalue weighted by Gasteiger charge is 2.52. The molecular formula is C23H24O3. The number of esters is 1. The quantitative estimate of drug-likeness (QED) is 0.723. The monoisotopic (exact) mass is 348 g/mol. The molecule has 0 aliphatic carbocycles. The Hall–Kier alpha value is -2.39. The van der Waals surface area contributed by atoms with Gasteiger partial charge in [0.15, 0.2) is 6.10 Å². The fraction of sp³-hybridized carbons (Fsp3) is 0.348. The summed E-state index contributed by atoms with van der Waals surface area (Å²) in [5.41, 5.74) is 3.27. The second kappa shape index (κ2) is 7.08. The molecule has 2 aromatic carbocycles. The summed E-state index contributed by atoms with van der Waals surface area (Å²) in [5.74, 6) is -0.224. The first-order valence-corrected chi connectivity index (χ1v) is 9.45. The Labute approximate surface area is 154 Å². The first-order chi connectivity index (χ1) is 12.8. The summed E-state index contributed by atoms with van der Waals surface area (Å²) in [6.07, 6.45) is 3.34. The molecule has 2 heterocycles. The lowest BCUT2D eigenvalue weighted by molar-refractivity contribution is -0.171. The molecule has 2 aliphatic heterocycles. The molecule has 0 bridgehead atoms. The third kappa shape index (κ3) is 2.77. The summed E-state index contributed by atoms with van der Waals surface area (Å²) < 4.78 is 12.4. The van der Waals surface area contributed by atoms with Gasteiger partial charge in [0.2, 0.25) is 0 Å². The van der Waals surface area contributed by atoms with E-state index in [0.29, 0.717) is 6.61 Å². The fourth-order valence-corrected chi connectivity index (χ4v) is 4.20. The van der Waals surface area contributed by atoms with Gasteiger partial charge in [-0.05, 0) is 29.5 Å². The second-order valence-electron chi connectivity index (χ2n) is 7.01. The number of ether oxygens (including phenoxy) is 2. The van der Waals surface area contributed by atoms with Crippen molar-refractivity contribution in [3.63, 3.8) is 0 Å². The van der Waals surface area contributed by atoms with Crippen molar-refractivity contribution in [2.75, 3.05) is 6.61 Å².